The first-order valence-corrected chi connectivity index (χ1v) is 12.9. The maximum Gasteiger partial charge on any atom is 0.339 e. The molecule has 0 bridgehead atoms. The zero-order valence-corrected chi connectivity index (χ0v) is 22.1. The molecular weight excluding hydrogens is 492 g/mol. The molecule has 1 aliphatic heterocycles. The summed E-state index contributed by atoms with van der Waals surface area (Å²) < 4.78 is 47.8. The van der Waals surface area contributed by atoms with E-state index in [-0.39, 0.29) is 22.2 Å². The van der Waals surface area contributed by atoms with Crippen molar-refractivity contribution in [2.45, 2.75) is 31.3 Å². The van der Waals surface area contributed by atoms with Gasteiger partial charge in [-0.3, -0.25) is 4.79 Å². The number of carbonyl (C=O) groups is 1. The number of ketones is 1. The molecule has 3 aromatic rings. The molecular formula is C29H28O7S. The Labute approximate surface area is 217 Å². The summed E-state index contributed by atoms with van der Waals surface area (Å²) in [7, 11) is -1.11. The quantitative estimate of drug-likeness (QED) is 0.209. The third kappa shape index (κ3) is 5.70. The van der Waals surface area contributed by atoms with Gasteiger partial charge in [-0.25, -0.2) is 0 Å². The van der Waals surface area contributed by atoms with Crippen LogP contribution in [0.1, 0.15) is 40.9 Å². The standard InChI is InChI=1S/C29H28O7S/c1-19-6-10-21(11-7-19)37(31,32)36-27-18-20(9-14-26(27)34-5)8-13-24(30)22-12-15-25(33-4)23-16-17-29(2,3)35-28(22)23/h6-18H,1-5H3/b13-8+. The fraction of sp³-hybridized carbons (Fsp3) is 0.207. The van der Waals surface area contributed by atoms with Gasteiger partial charge < -0.3 is 18.4 Å². The van der Waals surface area contributed by atoms with Gasteiger partial charge in [-0.2, -0.15) is 8.42 Å². The highest BCUT2D eigenvalue weighted by atomic mass is 32.2. The van der Waals surface area contributed by atoms with Crippen molar-refractivity contribution < 1.29 is 31.6 Å². The Morgan fingerprint density at radius 3 is 2.27 bits per heavy atom. The van der Waals surface area contributed by atoms with Crippen LogP contribution in [-0.4, -0.2) is 34.0 Å². The highest BCUT2D eigenvalue weighted by molar-refractivity contribution is 7.87. The highest BCUT2D eigenvalue weighted by Gasteiger charge is 2.28. The lowest BCUT2D eigenvalue weighted by Gasteiger charge is -2.29. The maximum absolute atomic E-state index is 13.2. The molecule has 0 spiro atoms. The third-order valence-corrected chi connectivity index (χ3v) is 7.03. The number of fused-ring (bicyclic) bond motifs is 1. The van der Waals surface area contributed by atoms with E-state index in [1.165, 1.54) is 31.4 Å². The lowest BCUT2D eigenvalue weighted by molar-refractivity contribution is 0.103. The molecule has 0 N–H and O–H groups in total. The fourth-order valence-corrected chi connectivity index (χ4v) is 4.73. The Balaban J connectivity index is 1.63. The summed E-state index contributed by atoms with van der Waals surface area (Å²) in [5.74, 6) is 1.02. The topological polar surface area (TPSA) is 88.1 Å². The maximum atomic E-state index is 13.2. The highest BCUT2D eigenvalue weighted by Crippen LogP contribution is 2.40. The largest absolute Gasteiger partial charge is 0.496 e. The van der Waals surface area contributed by atoms with Gasteiger partial charge in [-0.05, 0) is 81.0 Å². The van der Waals surface area contributed by atoms with E-state index in [9.17, 15) is 13.2 Å². The summed E-state index contributed by atoms with van der Waals surface area (Å²) >= 11 is 0. The summed E-state index contributed by atoms with van der Waals surface area (Å²) in [5.41, 5.74) is 1.98. The van der Waals surface area contributed by atoms with Crippen LogP contribution >= 0.6 is 0 Å². The van der Waals surface area contributed by atoms with Gasteiger partial charge >= 0.3 is 10.1 Å². The summed E-state index contributed by atoms with van der Waals surface area (Å²) in [5, 5.41) is 0. The van der Waals surface area contributed by atoms with Gasteiger partial charge in [0.25, 0.3) is 0 Å². The average molecular weight is 521 g/mol. The van der Waals surface area contributed by atoms with Crippen LogP contribution in [0.4, 0.5) is 0 Å². The summed E-state index contributed by atoms with van der Waals surface area (Å²) in [6, 6.07) is 14.5. The summed E-state index contributed by atoms with van der Waals surface area (Å²) in [4.78, 5) is 13.2. The zero-order valence-electron chi connectivity index (χ0n) is 21.3. The van der Waals surface area contributed by atoms with Crippen LogP contribution in [0.2, 0.25) is 0 Å². The first kappa shape index (κ1) is 26.0. The molecule has 4 rings (SSSR count). The van der Waals surface area contributed by atoms with Gasteiger partial charge in [0, 0.05) is 0 Å². The van der Waals surface area contributed by atoms with E-state index in [0.29, 0.717) is 28.2 Å². The number of hydrogen-bond donors (Lipinski definition) is 0. The van der Waals surface area contributed by atoms with Crippen LogP contribution in [0.15, 0.2) is 71.6 Å². The van der Waals surface area contributed by atoms with E-state index in [1.54, 1.807) is 49.6 Å². The van der Waals surface area contributed by atoms with Crippen molar-refractivity contribution in [1.82, 2.24) is 0 Å². The third-order valence-electron chi connectivity index (χ3n) is 5.78. The van der Waals surface area contributed by atoms with Gasteiger partial charge in [0.1, 0.15) is 22.0 Å². The molecule has 1 heterocycles. The van der Waals surface area contributed by atoms with Crippen LogP contribution in [-0.2, 0) is 10.1 Å². The van der Waals surface area contributed by atoms with Crippen LogP contribution in [0.5, 0.6) is 23.0 Å². The normalized spacial score (nSPS) is 14.1. The number of allylic oxidation sites excluding steroid dienone is 1. The summed E-state index contributed by atoms with van der Waals surface area (Å²) in [6.07, 6.45) is 6.77. The second-order valence-corrected chi connectivity index (χ2v) is 10.6. The van der Waals surface area contributed by atoms with Crippen molar-refractivity contribution in [2.24, 2.45) is 0 Å². The van der Waals surface area contributed by atoms with E-state index in [2.05, 4.69) is 0 Å². The van der Waals surface area contributed by atoms with E-state index < -0.39 is 15.7 Å². The van der Waals surface area contributed by atoms with Gasteiger partial charge in [-0.1, -0.05) is 29.8 Å². The Hall–Kier alpha value is -4.04. The molecule has 37 heavy (non-hydrogen) atoms. The van der Waals surface area contributed by atoms with Crippen molar-refractivity contribution in [2.75, 3.05) is 14.2 Å². The molecule has 0 radical (unpaired) electrons. The molecule has 0 aliphatic carbocycles. The number of carbonyl (C=O) groups excluding carboxylic acids is 1. The second-order valence-electron chi connectivity index (χ2n) is 9.06. The van der Waals surface area contributed by atoms with Crippen molar-refractivity contribution in [3.63, 3.8) is 0 Å². The van der Waals surface area contributed by atoms with Gasteiger partial charge in [0.2, 0.25) is 0 Å². The monoisotopic (exact) mass is 520 g/mol. The molecule has 0 saturated carbocycles. The molecule has 8 heteroatoms. The van der Waals surface area contributed by atoms with Crippen molar-refractivity contribution in [3.8, 4) is 23.0 Å². The fourth-order valence-electron chi connectivity index (χ4n) is 3.80. The van der Waals surface area contributed by atoms with Crippen molar-refractivity contribution >= 4 is 28.1 Å². The molecule has 0 unspecified atom stereocenters. The first-order valence-electron chi connectivity index (χ1n) is 11.5. The van der Waals surface area contributed by atoms with E-state index in [1.807, 2.05) is 32.9 Å². The van der Waals surface area contributed by atoms with E-state index in [0.717, 1.165) is 5.56 Å². The molecule has 0 atom stereocenters. The molecule has 1 aliphatic rings. The summed E-state index contributed by atoms with van der Waals surface area (Å²) in [6.45, 7) is 5.67. The minimum Gasteiger partial charge on any atom is -0.496 e. The van der Waals surface area contributed by atoms with Gasteiger partial charge in [0.05, 0.1) is 25.3 Å². The number of methoxy groups -OCH3 is 2. The number of ether oxygens (including phenoxy) is 3. The number of rotatable bonds is 8. The lowest BCUT2D eigenvalue weighted by atomic mass is 9.97. The predicted octanol–water partition coefficient (Wildman–Crippen LogP) is 5.86. The van der Waals surface area contributed by atoms with Crippen LogP contribution in [0.25, 0.3) is 12.2 Å². The Bertz CT molecular complexity index is 1500. The van der Waals surface area contributed by atoms with Crippen molar-refractivity contribution in [1.29, 1.82) is 0 Å². The Kier molecular flexibility index (Phi) is 7.14. The Morgan fingerprint density at radius 1 is 0.919 bits per heavy atom. The minimum absolute atomic E-state index is 0.00900. The minimum atomic E-state index is -4.09. The van der Waals surface area contributed by atoms with E-state index >= 15 is 0 Å². The first-order chi connectivity index (χ1) is 17.5. The van der Waals surface area contributed by atoms with Crippen LogP contribution in [0, 0.1) is 6.92 Å². The molecule has 0 fully saturated rings. The smallest absolute Gasteiger partial charge is 0.339 e. The molecule has 7 nitrogen and oxygen atoms in total. The number of aryl methyl sites for hydroxylation is 1. The molecule has 0 aromatic heterocycles. The Morgan fingerprint density at radius 2 is 1.59 bits per heavy atom. The van der Waals surface area contributed by atoms with Gasteiger partial charge in [-0.15, -0.1) is 0 Å². The zero-order chi connectivity index (χ0) is 26.8. The molecule has 0 amide bonds. The van der Waals surface area contributed by atoms with Crippen LogP contribution < -0.4 is 18.4 Å². The second kappa shape index (κ2) is 10.1. The van der Waals surface area contributed by atoms with Crippen LogP contribution in [0.3, 0.4) is 0 Å². The SMILES string of the molecule is COc1ccc(/C=C/C(=O)c2ccc(OC)c3c2OC(C)(C)C=C3)cc1OS(=O)(=O)c1ccc(C)cc1. The number of hydrogen-bond acceptors (Lipinski definition) is 7. The molecule has 3 aromatic carbocycles. The molecule has 192 valence electrons. The average Bonchev–Trinajstić information content (AvgIpc) is 2.86. The molecule has 0 saturated heterocycles. The number of benzene rings is 3. The van der Waals surface area contributed by atoms with Crippen molar-refractivity contribution in [3.05, 3.63) is 89.0 Å². The predicted molar refractivity (Wildman–Crippen MR) is 142 cm³/mol. The van der Waals surface area contributed by atoms with Gasteiger partial charge in [0.15, 0.2) is 17.3 Å². The lowest BCUT2D eigenvalue weighted by Crippen LogP contribution is -2.28. The van der Waals surface area contributed by atoms with E-state index in [4.69, 9.17) is 18.4 Å².